The second kappa shape index (κ2) is 2.87. The lowest BCUT2D eigenvalue weighted by atomic mass is 9.93. The van der Waals surface area contributed by atoms with Crippen molar-refractivity contribution in [2.75, 3.05) is 0 Å². The fourth-order valence-corrected chi connectivity index (χ4v) is 0.895. The standard InChI is InChI=1S/C8H12BN/c1-3-7-4-8(9)6(2)10-5-7/h4-5H,3,9H2,1-2H3. The van der Waals surface area contributed by atoms with Gasteiger partial charge >= 0.3 is 0 Å². The predicted molar refractivity (Wildman–Crippen MR) is 46.5 cm³/mol. The van der Waals surface area contributed by atoms with Crippen molar-refractivity contribution in [2.24, 2.45) is 0 Å². The first-order valence-electron chi connectivity index (χ1n) is 3.66. The zero-order valence-electron chi connectivity index (χ0n) is 6.81. The molecule has 1 nitrogen and oxygen atoms in total. The fourth-order valence-electron chi connectivity index (χ4n) is 0.895. The first-order chi connectivity index (χ1) is 4.74. The molecule has 0 N–H and O–H groups in total. The maximum absolute atomic E-state index is 4.25. The Hall–Kier alpha value is -0.785. The third kappa shape index (κ3) is 1.38. The van der Waals surface area contributed by atoms with E-state index in [2.05, 4.69) is 25.8 Å². The molecule has 1 aromatic heterocycles. The molecule has 0 saturated carbocycles. The van der Waals surface area contributed by atoms with Crippen LogP contribution in [0.2, 0.25) is 0 Å². The van der Waals surface area contributed by atoms with Gasteiger partial charge in [0.25, 0.3) is 0 Å². The van der Waals surface area contributed by atoms with Crippen LogP contribution < -0.4 is 5.46 Å². The number of hydrogen-bond acceptors (Lipinski definition) is 1. The molecule has 1 aromatic rings. The minimum Gasteiger partial charge on any atom is -0.262 e. The third-order valence-electron chi connectivity index (χ3n) is 1.80. The lowest BCUT2D eigenvalue weighted by molar-refractivity contribution is 1.09. The van der Waals surface area contributed by atoms with Gasteiger partial charge in [-0.1, -0.05) is 18.5 Å². The van der Waals surface area contributed by atoms with E-state index in [1.807, 2.05) is 13.1 Å². The molecule has 0 radical (unpaired) electrons. The number of nitrogens with zero attached hydrogens (tertiary/aromatic N) is 1. The van der Waals surface area contributed by atoms with E-state index in [1.165, 1.54) is 11.0 Å². The van der Waals surface area contributed by atoms with Crippen LogP contribution in [0.5, 0.6) is 0 Å². The SMILES string of the molecule is Bc1cc(CC)cnc1C. The highest BCUT2D eigenvalue weighted by molar-refractivity contribution is 6.33. The third-order valence-corrected chi connectivity index (χ3v) is 1.80. The van der Waals surface area contributed by atoms with Crippen LogP contribution in [0, 0.1) is 6.92 Å². The quantitative estimate of drug-likeness (QED) is 0.499. The van der Waals surface area contributed by atoms with Gasteiger partial charge in [0.15, 0.2) is 0 Å². The number of aromatic nitrogens is 1. The Morgan fingerprint density at radius 1 is 1.60 bits per heavy atom. The molecule has 0 aromatic carbocycles. The zero-order valence-corrected chi connectivity index (χ0v) is 6.81. The molecule has 0 amide bonds. The Morgan fingerprint density at radius 3 is 2.80 bits per heavy atom. The molecule has 1 rings (SSSR count). The second-order valence-electron chi connectivity index (χ2n) is 2.60. The van der Waals surface area contributed by atoms with Gasteiger partial charge in [0.2, 0.25) is 0 Å². The number of hydrogen-bond donors (Lipinski definition) is 0. The molecule has 0 fully saturated rings. The highest BCUT2D eigenvalue weighted by Crippen LogP contribution is 1.95. The predicted octanol–water partition coefficient (Wildman–Crippen LogP) is 0.211. The Kier molecular flexibility index (Phi) is 2.10. The molecule has 0 aliphatic carbocycles. The summed E-state index contributed by atoms with van der Waals surface area (Å²) in [7, 11) is 2.10. The summed E-state index contributed by atoms with van der Waals surface area (Å²) in [5.74, 6) is 0. The summed E-state index contributed by atoms with van der Waals surface area (Å²) in [6.45, 7) is 4.18. The average molecular weight is 133 g/mol. The van der Waals surface area contributed by atoms with E-state index in [-0.39, 0.29) is 0 Å². The van der Waals surface area contributed by atoms with Gasteiger partial charge in [-0.15, -0.1) is 0 Å². The van der Waals surface area contributed by atoms with Gasteiger partial charge in [-0.3, -0.25) is 4.98 Å². The summed E-state index contributed by atoms with van der Waals surface area (Å²) in [4.78, 5) is 4.25. The molecule has 0 saturated heterocycles. The van der Waals surface area contributed by atoms with Crippen molar-refractivity contribution in [1.82, 2.24) is 4.98 Å². The lowest BCUT2D eigenvalue weighted by Crippen LogP contribution is -2.09. The highest BCUT2D eigenvalue weighted by Gasteiger charge is 1.93. The van der Waals surface area contributed by atoms with Crippen LogP contribution >= 0.6 is 0 Å². The number of pyridine rings is 1. The van der Waals surface area contributed by atoms with Crippen molar-refractivity contribution in [3.8, 4) is 0 Å². The summed E-state index contributed by atoms with van der Waals surface area (Å²) in [5, 5.41) is 0. The van der Waals surface area contributed by atoms with E-state index in [0.29, 0.717) is 0 Å². The van der Waals surface area contributed by atoms with Crippen molar-refractivity contribution in [1.29, 1.82) is 0 Å². The van der Waals surface area contributed by atoms with Gasteiger partial charge in [0.05, 0.1) is 0 Å². The van der Waals surface area contributed by atoms with Crippen LogP contribution in [0.15, 0.2) is 12.3 Å². The minimum atomic E-state index is 1.08. The molecule has 2 heteroatoms. The maximum atomic E-state index is 4.25. The van der Waals surface area contributed by atoms with E-state index >= 15 is 0 Å². The summed E-state index contributed by atoms with van der Waals surface area (Å²) in [5.41, 5.74) is 3.75. The minimum absolute atomic E-state index is 1.08. The van der Waals surface area contributed by atoms with Crippen molar-refractivity contribution in [2.45, 2.75) is 20.3 Å². The monoisotopic (exact) mass is 133 g/mol. The Labute approximate surface area is 62.9 Å². The van der Waals surface area contributed by atoms with Crippen LogP contribution in [0.4, 0.5) is 0 Å². The van der Waals surface area contributed by atoms with E-state index in [1.54, 1.807) is 0 Å². The van der Waals surface area contributed by atoms with Crippen molar-refractivity contribution < 1.29 is 0 Å². The van der Waals surface area contributed by atoms with Gasteiger partial charge in [-0.2, -0.15) is 0 Å². The first kappa shape index (κ1) is 7.32. The van der Waals surface area contributed by atoms with Gasteiger partial charge in [-0.25, -0.2) is 0 Å². The number of rotatable bonds is 1. The van der Waals surface area contributed by atoms with Crippen molar-refractivity contribution >= 4 is 13.3 Å². The molecule has 0 aliphatic rings. The smallest absolute Gasteiger partial charge is 0.141 e. The molecule has 0 atom stereocenters. The summed E-state index contributed by atoms with van der Waals surface area (Å²) >= 11 is 0. The zero-order chi connectivity index (χ0) is 7.56. The van der Waals surface area contributed by atoms with Crippen molar-refractivity contribution in [3.63, 3.8) is 0 Å². The van der Waals surface area contributed by atoms with Crippen LogP contribution in [-0.2, 0) is 6.42 Å². The largest absolute Gasteiger partial charge is 0.262 e. The highest BCUT2D eigenvalue weighted by atomic mass is 14.7. The molecule has 0 aliphatic heterocycles. The van der Waals surface area contributed by atoms with E-state index in [0.717, 1.165) is 12.1 Å². The Balaban J connectivity index is 3.04. The molecule has 0 unspecified atom stereocenters. The van der Waals surface area contributed by atoms with E-state index < -0.39 is 0 Å². The van der Waals surface area contributed by atoms with Crippen LogP contribution in [0.3, 0.4) is 0 Å². The molecular formula is C8H12BN. The summed E-state index contributed by atoms with van der Waals surface area (Å²) < 4.78 is 0. The lowest BCUT2D eigenvalue weighted by Gasteiger charge is -2.00. The van der Waals surface area contributed by atoms with Crippen LogP contribution in [0.25, 0.3) is 0 Å². The molecule has 10 heavy (non-hydrogen) atoms. The first-order valence-corrected chi connectivity index (χ1v) is 3.66. The van der Waals surface area contributed by atoms with Crippen LogP contribution in [-0.4, -0.2) is 12.8 Å². The van der Waals surface area contributed by atoms with Gasteiger partial charge in [-0.05, 0) is 18.9 Å². The molecule has 0 spiro atoms. The van der Waals surface area contributed by atoms with Gasteiger partial charge in [0.1, 0.15) is 7.85 Å². The second-order valence-corrected chi connectivity index (χ2v) is 2.60. The normalized spacial score (nSPS) is 9.80. The van der Waals surface area contributed by atoms with E-state index in [9.17, 15) is 0 Å². The average Bonchev–Trinajstić information content (AvgIpc) is 1.95. The van der Waals surface area contributed by atoms with Gasteiger partial charge in [0, 0.05) is 11.9 Å². The van der Waals surface area contributed by atoms with Crippen LogP contribution in [0.1, 0.15) is 18.2 Å². The topological polar surface area (TPSA) is 12.9 Å². The Morgan fingerprint density at radius 2 is 2.30 bits per heavy atom. The fraction of sp³-hybridized carbons (Fsp3) is 0.375. The Bertz CT molecular complexity index is 233. The number of aryl methyl sites for hydroxylation is 2. The van der Waals surface area contributed by atoms with Crippen molar-refractivity contribution in [3.05, 3.63) is 23.5 Å². The summed E-state index contributed by atoms with van der Waals surface area (Å²) in [6, 6.07) is 2.20. The molecule has 1 heterocycles. The summed E-state index contributed by atoms with van der Waals surface area (Å²) in [6.07, 6.45) is 3.02. The molecule has 0 bridgehead atoms. The van der Waals surface area contributed by atoms with Gasteiger partial charge < -0.3 is 0 Å². The van der Waals surface area contributed by atoms with E-state index in [4.69, 9.17) is 0 Å². The molecular weight excluding hydrogens is 121 g/mol. The maximum Gasteiger partial charge on any atom is 0.141 e. The molecule has 52 valence electrons.